The molecule has 1 fully saturated rings. The average molecular weight is 221 g/mol. The van der Waals surface area contributed by atoms with Crippen LogP contribution in [-0.2, 0) is 11.3 Å². The van der Waals surface area contributed by atoms with Crippen LogP contribution in [0.3, 0.4) is 0 Å². The van der Waals surface area contributed by atoms with Gasteiger partial charge in [0.15, 0.2) is 0 Å². The number of nitrogens with one attached hydrogen (secondary N) is 1. The van der Waals surface area contributed by atoms with E-state index in [1.165, 1.54) is 4.90 Å². The van der Waals surface area contributed by atoms with Gasteiger partial charge >= 0.3 is 12.0 Å². The first-order valence-electron chi connectivity index (χ1n) is 4.84. The van der Waals surface area contributed by atoms with Crippen LogP contribution in [0.2, 0.25) is 0 Å². The Morgan fingerprint density at radius 1 is 1.69 bits per heavy atom. The van der Waals surface area contributed by atoms with Gasteiger partial charge in [0.05, 0.1) is 6.54 Å². The Morgan fingerprint density at radius 2 is 2.50 bits per heavy atom. The van der Waals surface area contributed by atoms with Crippen LogP contribution in [0.4, 0.5) is 4.79 Å². The third-order valence-corrected chi connectivity index (χ3v) is 2.44. The van der Waals surface area contributed by atoms with Crippen molar-refractivity contribution in [2.45, 2.75) is 12.6 Å². The van der Waals surface area contributed by atoms with Gasteiger partial charge in [0, 0.05) is 18.9 Å². The highest BCUT2D eigenvalue weighted by Crippen LogP contribution is 2.12. The largest absolute Gasteiger partial charge is 0.480 e. The number of carbonyl (C=O) groups is 2. The zero-order chi connectivity index (χ0) is 11.5. The van der Waals surface area contributed by atoms with Crippen molar-refractivity contribution in [2.24, 2.45) is 0 Å². The topological polar surface area (TPSA) is 82.5 Å². The van der Waals surface area contributed by atoms with E-state index >= 15 is 0 Å². The van der Waals surface area contributed by atoms with Crippen molar-refractivity contribution in [1.82, 2.24) is 15.2 Å². The maximum Gasteiger partial charge on any atom is 0.328 e. The van der Waals surface area contributed by atoms with Gasteiger partial charge in [-0.2, -0.15) is 0 Å². The summed E-state index contributed by atoms with van der Waals surface area (Å²) < 4.78 is 0. The molecule has 6 nitrogen and oxygen atoms in total. The summed E-state index contributed by atoms with van der Waals surface area (Å²) in [7, 11) is 0. The molecule has 2 rings (SSSR count). The first-order valence-corrected chi connectivity index (χ1v) is 4.84. The summed E-state index contributed by atoms with van der Waals surface area (Å²) in [5, 5.41) is 11.4. The third-order valence-electron chi connectivity index (χ3n) is 2.44. The van der Waals surface area contributed by atoms with Crippen molar-refractivity contribution >= 4 is 12.0 Å². The van der Waals surface area contributed by atoms with Crippen LogP contribution >= 0.6 is 0 Å². The van der Waals surface area contributed by atoms with E-state index in [9.17, 15) is 9.59 Å². The lowest BCUT2D eigenvalue weighted by Gasteiger charge is -2.19. The van der Waals surface area contributed by atoms with Crippen molar-refractivity contribution in [3.8, 4) is 0 Å². The van der Waals surface area contributed by atoms with Crippen LogP contribution in [0.15, 0.2) is 24.5 Å². The van der Waals surface area contributed by atoms with E-state index in [-0.39, 0.29) is 19.1 Å². The molecule has 2 heterocycles. The second kappa shape index (κ2) is 4.18. The summed E-state index contributed by atoms with van der Waals surface area (Å²) in [5.41, 5.74) is 0.811. The molecule has 16 heavy (non-hydrogen) atoms. The van der Waals surface area contributed by atoms with E-state index in [0.717, 1.165) is 5.56 Å². The van der Waals surface area contributed by atoms with Crippen LogP contribution < -0.4 is 5.32 Å². The smallest absolute Gasteiger partial charge is 0.328 e. The number of amides is 2. The molecular formula is C10H11N3O3. The standard InChI is InChI=1S/C10H11N3O3/c14-9(15)8-5-12-10(16)13(8)6-7-2-1-3-11-4-7/h1-4,8H,5-6H2,(H,12,16)(H,14,15). The lowest BCUT2D eigenvalue weighted by molar-refractivity contribution is -0.141. The zero-order valence-electron chi connectivity index (χ0n) is 8.46. The Morgan fingerprint density at radius 3 is 3.12 bits per heavy atom. The quantitative estimate of drug-likeness (QED) is 0.756. The highest BCUT2D eigenvalue weighted by molar-refractivity contribution is 5.86. The van der Waals surface area contributed by atoms with Gasteiger partial charge in [-0.15, -0.1) is 0 Å². The van der Waals surface area contributed by atoms with Gasteiger partial charge in [-0.1, -0.05) is 6.07 Å². The van der Waals surface area contributed by atoms with Gasteiger partial charge in [0.2, 0.25) is 0 Å². The molecule has 0 bridgehead atoms. The Bertz CT molecular complexity index is 407. The molecule has 2 N–H and O–H groups in total. The molecule has 1 aromatic rings. The van der Waals surface area contributed by atoms with Gasteiger partial charge in [0.1, 0.15) is 6.04 Å². The molecule has 0 aliphatic carbocycles. The minimum atomic E-state index is -0.998. The SMILES string of the molecule is O=C(O)C1CNC(=O)N1Cc1cccnc1. The maximum absolute atomic E-state index is 11.4. The number of pyridine rings is 1. The van der Waals surface area contributed by atoms with Crippen LogP contribution in [0.1, 0.15) is 5.56 Å². The zero-order valence-corrected chi connectivity index (χ0v) is 8.46. The molecule has 0 aromatic carbocycles. The number of hydrogen-bond donors (Lipinski definition) is 2. The second-order valence-corrected chi connectivity index (χ2v) is 3.53. The molecule has 6 heteroatoms. The molecule has 1 saturated heterocycles. The van der Waals surface area contributed by atoms with Crippen molar-refractivity contribution < 1.29 is 14.7 Å². The Balaban J connectivity index is 2.13. The lowest BCUT2D eigenvalue weighted by Crippen LogP contribution is -2.38. The summed E-state index contributed by atoms with van der Waals surface area (Å²) in [6.45, 7) is 0.408. The molecule has 0 saturated carbocycles. The van der Waals surface area contributed by atoms with Gasteiger partial charge in [-0.05, 0) is 11.6 Å². The first-order chi connectivity index (χ1) is 7.68. The number of rotatable bonds is 3. The molecule has 2 amide bonds. The number of aromatic nitrogens is 1. The minimum absolute atomic E-state index is 0.147. The fourth-order valence-electron chi connectivity index (χ4n) is 1.63. The van der Waals surface area contributed by atoms with E-state index in [2.05, 4.69) is 10.3 Å². The lowest BCUT2D eigenvalue weighted by atomic mass is 10.2. The molecular weight excluding hydrogens is 210 g/mol. The number of carboxylic acids is 1. The maximum atomic E-state index is 11.4. The normalized spacial score (nSPS) is 19.6. The molecule has 0 spiro atoms. The first kappa shape index (κ1) is 10.4. The van der Waals surface area contributed by atoms with E-state index < -0.39 is 12.0 Å². The van der Waals surface area contributed by atoms with Crippen LogP contribution in [0.25, 0.3) is 0 Å². The van der Waals surface area contributed by atoms with Gasteiger partial charge in [0.25, 0.3) is 0 Å². The van der Waals surface area contributed by atoms with E-state index in [1.807, 2.05) is 0 Å². The van der Waals surface area contributed by atoms with Gasteiger partial charge in [-0.3, -0.25) is 4.98 Å². The van der Waals surface area contributed by atoms with Gasteiger partial charge < -0.3 is 15.3 Å². The summed E-state index contributed by atoms with van der Waals surface area (Å²) in [5.74, 6) is -0.998. The van der Waals surface area contributed by atoms with Crippen molar-refractivity contribution in [3.63, 3.8) is 0 Å². The summed E-state index contributed by atoms with van der Waals surface area (Å²) in [6.07, 6.45) is 3.24. The number of carbonyl (C=O) groups excluding carboxylic acids is 1. The highest BCUT2D eigenvalue weighted by atomic mass is 16.4. The molecule has 1 atom stereocenters. The number of nitrogens with zero attached hydrogens (tertiary/aromatic N) is 2. The Labute approximate surface area is 91.9 Å². The average Bonchev–Trinajstić information content (AvgIpc) is 2.62. The molecule has 1 unspecified atom stereocenters. The van der Waals surface area contributed by atoms with Crippen LogP contribution in [0.5, 0.6) is 0 Å². The highest BCUT2D eigenvalue weighted by Gasteiger charge is 2.35. The third kappa shape index (κ3) is 1.95. The summed E-state index contributed by atoms with van der Waals surface area (Å²) >= 11 is 0. The molecule has 84 valence electrons. The molecule has 1 aliphatic rings. The second-order valence-electron chi connectivity index (χ2n) is 3.53. The van der Waals surface area contributed by atoms with Crippen LogP contribution in [-0.4, -0.2) is 39.6 Å². The van der Waals surface area contributed by atoms with Gasteiger partial charge in [-0.25, -0.2) is 9.59 Å². The Kier molecular flexibility index (Phi) is 2.72. The van der Waals surface area contributed by atoms with Crippen LogP contribution in [0, 0.1) is 0 Å². The van der Waals surface area contributed by atoms with E-state index in [4.69, 9.17) is 5.11 Å². The van der Waals surface area contributed by atoms with Crippen molar-refractivity contribution in [3.05, 3.63) is 30.1 Å². The summed E-state index contributed by atoms with van der Waals surface area (Å²) in [6, 6.07) is 2.40. The number of carboxylic acid groups (broad SMARTS) is 1. The number of urea groups is 1. The predicted octanol–water partition coefficient (Wildman–Crippen LogP) is 0.0600. The number of hydrogen-bond acceptors (Lipinski definition) is 3. The molecule has 0 radical (unpaired) electrons. The number of aliphatic carboxylic acids is 1. The van der Waals surface area contributed by atoms with E-state index in [1.54, 1.807) is 24.5 Å². The molecule has 1 aromatic heterocycles. The molecule has 1 aliphatic heterocycles. The monoisotopic (exact) mass is 221 g/mol. The minimum Gasteiger partial charge on any atom is -0.480 e. The Hall–Kier alpha value is -2.11. The fourth-order valence-corrected chi connectivity index (χ4v) is 1.63. The summed E-state index contributed by atoms with van der Waals surface area (Å²) in [4.78, 5) is 27.5. The van der Waals surface area contributed by atoms with Crippen molar-refractivity contribution in [1.29, 1.82) is 0 Å². The predicted molar refractivity (Wildman–Crippen MR) is 54.6 cm³/mol. The van der Waals surface area contributed by atoms with E-state index in [0.29, 0.717) is 0 Å². The van der Waals surface area contributed by atoms with Crippen molar-refractivity contribution in [2.75, 3.05) is 6.54 Å². The fraction of sp³-hybridized carbons (Fsp3) is 0.300.